The maximum absolute atomic E-state index is 12.6. The minimum Gasteiger partial charge on any atom is -0.444 e. The summed E-state index contributed by atoms with van der Waals surface area (Å²) in [6.07, 6.45) is -0.357. The zero-order valence-electron chi connectivity index (χ0n) is 15.2. The van der Waals surface area contributed by atoms with E-state index in [2.05, 4.69) is 5.32 Å². The number of ketones is 1. The number of carbonyl (C=O) groups is 2. The number of aryl methyl sites for hydroxylation is 1. The molecule has 2 aromatic carbocycles. The van der Waals surface area contributed by atoms with E-state index in [1.165, 1.54) is 0 Å². The fourth-order valence-corrected chi connectivity index (χ4v) is 2.43. The van der Waals surface area contributed by atoms with E-state index >= 15 is 0 Å². The number of hydrogen-bond donors (Lipinski definition) is 1. The van der Waals surface area contributed by atoms with Crippen LogP contribution < -0.4 is 5.32 Å². The van der Waals surface area contributed by atoms with Gasteiger partial charge in [0.25, 0.3) is 0 Å². The molecule has 4 heteroatoms. The number of benzene rings is 2. The lowest BCUT2D eigenvalue weighted by atomic mass is 9.97. The predicted molar refractivity (Wildman–Crippen MR) is 98.7 cm³/mol. The second kappa shape index (κ2) is 7.97. The van der Waals surface area contributed by atoms with E-state index in [-0.39, 0.29) is 12.2 Å². The van der Waals surface area contributed by atoms with Crippen LogP contribution in [0.5, 0.6) is 0 Å². The molecule has 0 bridgehead atoms. The van der Waals surface area contributed by atoms with Crippen molar-refractivity contribution in [1.82, 2.24) is 5.32 Å². The van der Waals surface area contributed by atoms with Gasteiger partial charge in [-0.15, -0.1) is 0 Å². The summed E-state index contributed by atoms with van der Waals surface area (Å²) >= 11 is 0. The summed E-state index contributed by atoms with van der Waals surface area (Å²) < 4.78 is 5.33. The minimum atomic E-state index is -0.591. The molecule has 4 nitrogen and oxygen atoms in total. The molecule has 132 valence electrons. The zero-order valence-corrected chi connectivity index (χ0v) is 15.2. The first-order valence-corrected chi connectivity index (χ1v) is 8.39. The Morgan fingerprint density at radius 3 is 2.16 bits per heavy atom. The lowest BCUT2D eigenvalue weighted by Crippen LogP contribution is -2.35. The minimum absolute atomic E-state index is 0.0232. The maximum Gasteiger partial charge on any atom is 0.408 e. The van der Waals surface area contributed by atoms with Crippen LogP contribution in [0.25, 0.3) is 0 Å². The summed E-state index contributed by atoms with van der Waals surface area (Å²) in [5.74, 6) is -0.0232. The van der Waals surface area contributed by atoms with Gasteiger partial charge in [-0.05, 0) is 33.3 Å². The zero-order chi connectivity index (χ0) is 18.4. The Kier molecular flexibility index (Phi) is 5.97. The highest BCUT2D eigenvalue weighted by atomic mass is 16.6. The van der Waals surface area contributed by atoms with Crippen LogP contribution in [0.3, 0.4) is 0 Å². The number of ether oxygens (including phenoxy) is 1. The van der Waals surface area contributed by atoms with E-state index < -0.39 is 17.7 Å². The third-order valence-electron chi connectivity index (χ3n) is 3.66. The van der Waals surface area contributed by atoms with Crippen molar-refractivity contribution >= 4 is 11.9 Å². The van der Waals surface area contributed by atoms with Crippen LogP contribution in [-0.2, 0) is 4.74 Å². The molecular formula is C21H25NO3. The molecule has 0 fully saturated rings. The van der Waals surface area contributed by atoms with Crippen LogP contribution in [0.4, 0.5) is 4.79 Å². The Morgan fingerprint density at radius 1 is 1.00 bits per heavy atom. The van der Waals surface area contributed by atoms with E-state index in [4.69, 9.17) is 4.74 Å². The molecule has 25 heavy (non-hydrogen) atoms. The van der Waals surface area contributed by atoms with Crippen molar-refractivity contribution in [3.05, 3.63) is 71.3 Å². The van der Waals surface area contributed by atoms with Crippen LogP contribution in [0, 0.1) is 6.92 Å². The van der Waals surface area contributed by atoms with E-state index in [1.54, 1.807) is 0 Å². The predicted octanol–water partition coefficient (Wildman–Crippen LogP) is 4.83. The molecule has 0 unspecified atom stereocenters. The van der Waals surface area contributed by atoms with Gasteiger partial charge in [-0.25, -0.2) is 4.79 Å². The summed E-state index contributed by atoms with van der Waals surface area (Å²) in [7, 11) is 0. The SMILES string of the molecule is Cc1ccc(C(=O)C[C@@H](NC(=O)OC(C)(C)C)c2ccccc2)cc1. The standard InChI is InChI=1S/C21H25NO3/c1-15-10-12-17(13-11-15)19(23)14-18(16-8-6-5-7-9-16)22-20(24)25-21(2,3)4/h5-13,18H,14H2,1-4H3,(H,22,24)/t18-/m1/s1. The average Bonchev–Trinajstić information content (AvgIpc) is 2.54. The van der Waals surface area contributed by atoms with E-state index in [0.717, 1.165) is 11.1 Å². The first-order chi connectivity index (χ1) is 11.7. The number of nitrogens with one attached hydrogen (secondary N) is 1. The Hall–Kier alpha value is -2.62. The number of Topliss-reactive ketones (excluding diaryl/α,β-unsaturated/α-hetero) is 1. The monoisotopic (exact) mass is 339 g/mol. The Labute approximate surface area is 149 Å². The Morgan fingerprint density at radius 2 is 1.60 bits per heavy atom. The molecule has 0 heterocycles. The lowest BCUT2D eigenvalue weighted by molar-refractivity contribution is 0.0501. The fraction of sp³-hybridized carbons (Fsp3) is 0.333. The second-order valence-corrected chi connectivity index (χ2v) is 7.10. The molecule has 0 spiro atoms. The Bertz CT molecular complexity index is 715. The highest BCUT2D eigenvalue weighted by molar-refractivity contribution is 5.96. The third-order valence-corrected chi connectivity index (χ3v) is 3.66. The van der Waals surface area contributed by atoms with E-state index in [0.29, 0.717) is 5.56 Å². The van der Waals surface area contributed by atoms with Crippen molar-refractivity contribution in [1.29, 1.82) is 0 Å². The lowest BCUT2D eigenvalue weighted by Gasteiger charge is -2.23. The first kappa shape index (κ1) is 18.7. The van der Waals surface area contributed by atoms with E-state index in [9.17, 15) is 9.59 Å². The maximum atomic E-state index is 12.6. The average molecular weight is 339 g/mol. The number of carbonyl (C=O) groups excluding carboxylic acids is 2. The largest absolute Gasteiger partial charge is 0.444 e. The van der Waals surface area contributed by atoms with Crippen LogP contribution >= 0.6 is 0 Å². The van der Waals surface area contributed by atoms with Crippen molar-refractivity contribution in [2.24, 2.45) is 0 Å². The number of hydrogen-bond acceptors (Lipinski definition) is 3. The number of alkyl carbamates (subject to hydrolysis) is 1. The molecule has 0 aliphatic heterocycles. The third kappa shape index (κ3) is 6.07. The van der Waals surface area contributed by atoms with Gasteiger partial charge < -0.3 is 10.1 Å². The molecule has 1 N–H and O–H groups in total. The van der Waals surface area contributed by atoms with Crippen molar-refractivity contribution in [3.63, 3.8) is 0 Å². The highest BCUT2D eigenvalue weighted by Crippen LogP contribution is 2.20. The Balaban J connectivity index is 2.16. The summed E-state index contributed by atoms with van der Waals surface area (Å²) in [6, 6.07) is 16.5. The van der Waals surface area contributed by atoms with Crippen molar-refractivity contribution < 1.29 is 14.3 Å². The molecule has 0 aromatic heterocycles. The second-order valence-electron chi connectivity index (χ2n) is 7.10. The molecule has 0 aliphatic rings. The summed E-state index contributed by atoms with van der Waals surface area (Å²) in [5, 5.41) is 2.82. The van der Waals surface area contributed by atoms with Crippen LogP contribution in [0.1, 0.15) is 54.7 Å². The van der Waals surface area contributed by atoms with Crippen LogP contribution in [0.2, 0.25) is 0 Å². The molecule has 0 aliphatic carbocycles. The van der Waals surface area contributed by atoms with Crippen molar-refractivity contribution in [2.45, 2.75) is 45.8 Å². The van der Waals surface area contributed by atoms with Gasteiger partial charge in [-0.1, -0.05) is 60.2 Å². The summed E-state index contributed by atoms with van der Waals surface area (Å²) in [6.45, 7) is 7.40. The first-order valence-electron chi connectivity index (χ1n) is 8.39. The quantitative estimate of drug-likeness (QED) is 0.794. The van der Waals surface area contributed by atoms with Gasteiger partial charge in [0.2, 0.25) is 0 Å². The number of amides is 1. The summed E-state index contributed by atoms with van der Waals surface area (Å²) in [4.78, 5) is 24.8. The fourth-order valence-electron chi connectivity index (χ4n) is 2.43. The van der Waals surface area contributed by atoms with Gasteiger partial charge in [0.1, 0.15) is 5.60 Å². The molecule has 1 amide bonds. The van der Waals surface area contributed by atoms with Gasteiger partial charge in [0.15, 0.2) is 5.78 Å². The summed E-state index contributed by atoms with van der Waals surface area (Å²) in [5.41, 5.74) is 2.01. The molecule has 0 saturated heterocycles. The molecule has 0 saturated carbocycles. The highest BCUT2D eigenvalue weighted by Gasteiger charge is 2.23. The topological polar surface area (TPSA) is 55.4 Å². The van der Waals surface area contributed by atoms with Gasteiger partial charge in [-0.2, -0.15) is 0 Å². The van der Waals surface area contributed by atoms with Gasteiger partial charge >= 0.3 is 6.09 Å². The molecule has 1 atom stereocenters. The van der Waals surface area contributed by atoms with Gasteiger partial charge in [0, 0.05) is 12.0 Å². The smallest absolute Gasteiger partial charge is 0.408 e. The normalized spacial score (nSPS) is 12.3. The molecule has 0 radical (unpaired) electrons. The molecular weight excluding hydrogens is 314 g/mol. The van der Waals surface area contributed by atoms with E-state index in [1.807, 2.05) is 82.3 Å². The molecule has 2 rings (SSSR count). The molecule has 2 aromatic rings. The van der Waals surface area contributed by atoms with Crippen molar-refractivity contribution in [2.75, 3.05) is 0 Å². The van der Waals surface area contributed by atoms with Gasteiger partial charge in [0.05, 0.1) is 6.04 Å². The van der Waals surface area contributed by atoms with Crippen LogP contribution in [0.15, 0.2) is 54.6 Å². The van der Waals surface area contributed by atoms with Crippen LogP contribution in [-0.4, -0.2) is 17.5 Å². The van der Waals surface area contributed by atoms with Gasteiger partial charge in [-0.3, -0.25) is 4.79 Å². The number of rotatable bonds is 5. The van der Waals surface area contributed by atoms with Crippen molar-refractivity contribution in [3.8, 4) is 0 Å².